The Bertz CT molecular complexity index is 469. The summed E-state index contributed by atoms with van der Waals surface area (Å²) in [4.78, 5) is 3.78. The van der Waals surface area contributed by atoms with Crippen LogP contribution in [0.15, 0.2) is 60.9 Å². The predicted molar refractivity (Wildman–Crippen MR) is 76.0 cm³/mol. The molecule has 1 heterocycles. The normalized spacial score (nSPS) is 9.28. The first kappa shape index (κ1) is 16.9. The molecule has 0 aliphatic rings. The topological polar surface area (TPSA) is 47.0 Å². The van der Waals surface area contributed by atoms with E-state index >= 15 is 0 Å². The van der Waals surface area contributed by atoms with Gasteiger partial charge in [0.15, 0.2) is 0 Å². The molecule has 1 aromatic carbocycles. The van der Waals surface area contributed by atoms with Crippen LogP contribution in [0.4, 0.5) is 0 Å². The fourth-order valence-electron chi connectivity index (χ4n) is 0.847. The quantitative estimate of drug-likeness (QED) is 0.696. The summed E-state index contributed by atoms with van der Waals surface area (Å²) in [7, 11) is 4.81. The minimum Gasteiger partial charge on any atom is -0.265 e. The third-order valence-electron chi connectivity index (χ3n) is 1.51. The molecule has 18 heavy (non-hydrogen) atoms. The summed E-state index contributed by atoms with van der Waals surface area (Å²) >= 11 is 0. The molecule has 0 spiro atoms. The van der Waals surface area contributed by atoms with Crippen LogP contribution in [0.1, 0.15) is 5.56 Å². The molecule has 0 N–H and O–H groups in total. The lowest BCUT2D eigenvalue weighted by Crippen LogP contribution is -1.63. The molecule has 0 amide bonds. The lowest BCUT2D eigenvalue weighted by molar-refractivity contribution is 0.621. The van der Waals surface area contributed by atoms with E-state index in [4.69, 9.17) is 8.42 Å². The van der Waals surface area contributed by atoms with E-state index in [1.165, 1.54) is 5.56 Å². The maximum atomic E-state index is 9.16. The Labute approximate surface area is 116 Å². The summed E-state index contributed by atoms with van der Waals surface area (Å²) in [6, 6.07) is 16.0. The molecule has 0 atom stereocenters. The van der Waals surface area contributed by atoms with Crippen LogP contribution < -0.4 is 0 Å². The van der Waals surface area contributed by atoms with Crippen LogP contribution in [0.5, 0.6) is 0 Å². The number of hydrogen-bond donors (Lipinski definition) is 0. The van der Waals surface area contributed by atoms with Gasteiger partial charge in [0.2, 0.25) is 0 Å². The molecule has 6 heteroatoms. The third-order valence-corrected chi connectivity index (χ3v) is 1.51. The van der Waals surface area contributed by atoms with Crippen LogP contribution in [0.2, 0.25) is 0 Å². The Morgan fingerprint density at radius 1 is 0.889 bits per heavy atom. The van der Waals surface area contributed by atoms with Crippen LogP contribution in [-0.4, -0.2) is 13.4 Å². The van der Waals surface area contributed by atoms with Crippen molar-refractivity contribution < 1.29 is 8.42 Å². The minimum atomic E-state index is -3.72. The van der Waals surface area contributed by atoms with Crippen molar-refractivity contribution in [1.82, 2.24) is 4.98 Å². The fourth-order valence-corrected chi connectivity index (χ4v) is 0.847. The van der Waals surface area contributed by atoms with Gasteiger partial charge < -0.3 is 0 Å². The molecule has 0 saturated carbocycles. The maximum absolute atomic E-state index is 9.16. The standard InChI is InChI=1S/C7H8.C5H5N.Cl2O2S/c1-7-5-3-2-4-6-7;1-2-4-6-5-3-1;1-5(2,3)4/h2-6H,1H3;1-5H;. The molecule has 3 nitrogen and oxygen atoms in total. The number of hydrogen-bond acceptors (Lipinski definition) is 3. The van der Waals surface area contributed by atoms with Crippen molar-refractivity contribution in [2.75, 3.05) is 0 Å². The van der Waals surface area contributed by atoms with Gasteiger partial charge in [-0.2, -0.15) is 8.42 Å². The lowest BCUT2D eigenvalue weighted by atomic mass is 10.2. The minimum absolute atomic E-state index is 1.32. The lowest BCUT2D eigenvalue weighted by Gasteiger charge is -1.82. The average molecular weight is 306 g/mol. The van der Waals surface area contributed by atoms with Crippen LogP contribution in [0.3, 0.4) is 0 Å². The number of nitrogens with zero attached hydrogens (tertiary/aromatic N) is 1. The van der Waals surface area contributed by atoms with Crippen LogP contribution >= 0.6 is 21.4 Å². The Kier molecular flexibility index (Phi) is 9.28. The zero-order valence-electron chi connectivity index (χ0n) is 9.70. The fraction of sp³-hybridized carbons (Fsp3) is 0.0833. The second-order valence-electron chi connectivity index (χ2n) is 3.06. The number of pyridine rings is 1. The third kappa shape index (κ3) is 17.3. The summed E-state index contributed by atoms with van der Waals surface area (Å²) in [6.45, 7) is 2.08. The van der Waals surface area contributed by atoms with Crippen molar-refractivity contribution in [3.63, 3.8) is 0 Å². The highest BCUT2D eigenvalue weighted by atomic mass is 36.0. The SMILES string of the molecule is Cc1ccccc1.O=S(=O)(Cl)Cl.c1ccncc1. The molecule has 0 aliphatic heterocycles. The van der Waals surface area contributed by atoms with Crippen molar-refractivity contribution in [1.29, 1.82) is 0 Å². The molecule has 0 unspecified atom stereocenters. The number of aryl methyl sites for hydroxylation is 1. The first-order valence-corrected chi connectivity index (χ1v) is 8.04. The first-order valence-electron chi connectivity index (χ1n) is 4.90. The van der Waals surface area contributed by atoms with Crippen molar-refractivity contribution in [2.45, 2.75) is 6.92 Å². The zero-order chi connectivity index (χ0) is 13.9. The predicted octanol–water partition coefficient (Wildman–Crippen LogP) is 3.79. The molecule has 98 valence electrons. The highest BCUT2D eigenvalue weighted by molar-refractivity contribution is 8.31. The molecule has 2 aromatic rings. The van der Waals surface area contributed by atoms with Crippen molar-refractivity contribution in [3.8, 4) is 0 Å². The summed E-state index contributed by atoms with van der Waals surface area (Å²) in [5.74, 6) is 0. The Balaban J connectivity index is 0.000000245. The molecule has 0 aliphatic carbocycles. The van der Waals surface area contributed by atoms with Gasteiger partial charge in [-0.15, -0.1) is 0 Å². The molecular weight excluding hydrogens is 293 g/mol. The monoisotopic (exact) mass is 305 g/mol. The van der Waals surface area contributed by atoms with E-state index in [9.17, 15) is 0 Å². The molecule has 1 aromatic heterocycles. The van der Waals surface area contributed by atoms with E-state index < -0.39 is 8.26 Å². The highest BCUT2D eigenvalue weighted by Crippen LogP contribution is 1.98. The van der Waals surface area contributed by atoms with E-state index in [1.54, 1.807) is 12.4 Å². The van der Waals surface area contributed by atoms with Crippen LogP contribution in [0.25, 0.3) is 0 Å². The second kappa shape index (κ2) is 9.88. The Morgan fingerprint density at radius 2 is 1.28 bits per heavy atom. The van der Waals surface area contributed by atoms with Gasteiger partial charge >= 0.3 is 8.26 Å². The van der Waals surface area contributed by atoms with Gasteiger partial charge in [0.1, 0.15) is 0 Å². The van der Waals surface area contributed by atoms with Crippen molar-refractivity contribution >= 4 is 29.6 Å². The highest BCUT2D eigenvalue weighted by Gasteiger charge is 1.88. The largest absolute Gasteiger partial charge is 0.317 e. The van der Waals surface area contributed by atoms with Gasteiger partial charge in [-0.05, 0) is 19.1 Å². The van der Waals surface area contributed by atoms with Gasteiger partial charge in [0.25, 0.3) is 0 Å². The average Bonchev–Trinajstić information content (AvgIpc) is 2.31. The van der Waals surface area contributed by atoms with Gasteiger partial charge in [-0.1, -0.05) is 42.0 Å². The Hall–Kier alpha value is -1.10. The molecule has 2 rings (SSSR count). The molecular formula is C12H13Cl2NO2S. The smallest absolute Gasteiger partial charge is 0.265 e. The second-order valence-corrected chi connectivity index (χ2v) is 6.73. The summed E-state index contributed by atoms with van der Waals surface area (Å²) in [5, 5.41) is 0. The zero-order valence-corrected chi connectivity index (χ0v) is 12.0. The molecule has 0 fully saturated rings. The van der Waals surface area contributed by atoms with Crippen LogP contribution in [0, 0.1) is 6.92 Å². The molecule has 0 radical (unpaired) electrons. The van der Waals surface area contributed by atoms with Crippen molar-refractivity contribution in [3.05, 3.63) is 66.5 Å². The van der Waals surface area contributed by atoms with E-state index in [0.717, 1.165) is 0 Å². The van der Waals surface area contributed by atoms with Gasteiger partial charge in [0.05, 0.1) is 0 Å². The summed E-state index contributed by atoms with van der Waals surface area (Å²) in [5.41, 5.74) is 1.32. The van der Waals surface area contributed by atoms with E-state index in [2.05, 4.69) is 45.4 Å². The number of rotatable bonds is 0. The molecule has 0 bridgehead atoms. The summed E-state index contributed by atoms with van der Waals surface area (Å²) < 4.78 is 18.3. The first-order chi connectivity index (χ1) is 8.39. The van der Waals surface area contributed by atoms with E-state index in [0.29, 0.717) is 0 Å². The Morgan fingerprint density at radius 3 is 1.44 bits per heavy atom. The van der Waals surface area contributed by atoms with Gasteiger partial charge in [0, 0.05) is 33.8 Å². The number of aromatic nitrogens is 1. The van der Waals surface area contributed by atoms with E-state index in [1.807, 2.05) is 36.4 Å². The van der Waals surface area contributed by atoms with Crippen LogP contribution in [-0.2, 0) is 8.26 Å². The van der Waals surface area contributed by atoms with E-state index in [-0.39, 0.29) is 0 Å². The van der Waals surface area contributed by atoms with Gasteiger partial charge in [-0.25, -0.2) is 0 Å². The number of benzene rings is 1. The molecule has 0 saturated heterocycles. The van der Waals surface area contributed by atoms with Crippen molar-refractivity contribution in [2.24, 2.45) is 0 Å². The van der Waals surface area contributed by atoms with Gasteiger partial charge in [-0.3, -0.25) is 4.98 Å². The summed E-state index contributed by atoms with van der Waals surface area (Å²) in [6.07, 6.45) is 3.50. The maximum Gasteiger partial charge on any atom is 0.317 e. The number of halogens is 2.